The topological polar surface area (TPSA) is 102 Å². The molecule has 21 heavy (non-hydrogen) atoms. The highest BCUT2D eigenvalue weighted by Crippen LogP contribution is 2.38. The van der Waals surface area contributed by atoms with Crippen molar-refractivity contribution in [2.45, 2.75) is 25.8 Å². The Morgan fingerprint density at radius 2 is 2.29 bits per heavy atom. The van der Waals surface area contributed by atoms with Crippen LogP contribution in [0.5, 0.6) is 0 Å². The van der Waals surface area contributed by atoms with Gasteiger partial charge in [-0.2, -0.15) is 0 Å². The van der Waals surface area contributed by atoms with Gasteiger partial charge in [0.2, 0.25) is 5.91 Å². The number of nitro benzene ring substituents is 1. The summed E-state index contributed by atoms with van der Waals surface area (Å²) in [5.74, 6) is 0.221. The van der Waals surface area contributed by atoms with Gasteiger partial charge in [0.05, 0.1) is 11.3 Å². The van der Waals surface area contributed by atoms with Crippen molar-refractivity contribution in [3.8, 4) is 0 Å². The quantitative estimate of drug-likeness (QED) is 0.644. The van der Waals surface area contributed by atoms with Crippen molar-refractivity contribution in [1.82, 2.24) is 0 Å². The van der Waals surface area contributed by atoms with Crippen molar-refractivity contribution in [2.24, 2.45) is 11.7 Å². The molecule has 0 spiro atoms. The summed E-state index contributed by atoms with van der Waals surface area (Å²) in [4.78, 5) is 24.4. The van der Waals surface area contributed by atoms with Crippen LogP contribution in [-0.4, -0.2) is 30.0 Å². The molecule has 1 aromatic carbocycles. The van der Waals surface area contributed by atoms with Crippen molar-refractivity contribution in [2.75, 3.05) is 23.3 Å². The third-order valence-electron chi connectivity index (χ3n) is 4.33. The molecule has 1 amide bonds. The van der Waals surface area contributed by atoms with Gasteiger partial charge in [-0.15, -0.1) is 0 Å². The molecule has 2 aliphatic rings. The third-order valence-corrected chi connectivity index (χ3v) is 4.33. The first-order valence-corrected chi connectivity index (χ1v) is 7.07. The Kier molecular flexibility index (Phi) is 3.29. The van der Waals surface area contributed by atoms with Crippen molar-refractivity contribution < 1.29 is 9.72 Å². The minimum atomic E-state index is -0.377. The third kappa shape index (κ3) is 2.44. The van der Waals surface area contributed by atoms with Crippen LogP contribution in [0, 0.1) is 16.0 Å². The zero-order valence-corrected chi connectivity index (χ0v) is 11.8. The molecule has 0 radical (unpaired) electrons. The van der Waals surface area contributed by atoms with E-state index < -0.39 is 0 Å². The number of hydrogen-bond acceptors (Lipinski definition) is 5. The van der Waals surface area contributed by atoms with E-state index in [0.717, 1.165) is 13.0 Å². The standard InChI is InChI=1S/C14H18N4O3/c1-8(15)9-2-3-17(7-9)12-6-11-10(5-14(19)16-11)4-13(12)18(20)21/h4,6,8-9H,2-3,5,7,15H2,1H3,(H,16,19). The summed E-state index contributed by atoms with van der Waals surface area (Å²) in [5.41, 5.74) is 7.94. The Morgan fingerprint density at radius 1 is 1.52 bits per heavy atom. The largest absolute Gasteiger partial charge is 0.366 e. The van der Waals surface area contributed by atoms with Crippen molar-refractivity contribution >= 4 is 23.0 Å². The van der Waals surface area contributed by atoms with E-state index >= 15 is 0 Å². The molecule has 0 bridgehead atoms. The lowest BCUT2D eigenvalue weighted by Gasteiger charge is -2.20. The van der Waals surface area contributed by atoms with Crippen LogP contribution in [0.15, 0.2) is 12.1 Å². The van der Waals surface area contributed by atoms with Gasteiger partial charge in [-0.1, -0.05) is 0 Å². The number of nitrogens with two attached hydrogens (primary N) is 1. The molecule has 1 aromatic rings. The van der Waals surface area contributed by atoms with Crippen LogP contribution in [-0.2, 0) is 11.2 Å². The number of carbonyl (C=O) groups excluding carboxylic acids is 1. The molecule has 2 unspecified atom stereocenters. The smallest absolute Gasteiger partial charge is 0.292 e. The Morgan fingerprint density at radius 3 is 2.90 bits per heavy atom. The predicted octanol–water partition coefficient (Wildman–Crippen LogP) is 1.26. The molecule has 3 rings (SSSR count). The lowest BCUT2D eigenvalue weighted by atomic mass is 10.0. The molecule has 2 heterocycles. The number of hydrogen-bond donors (Lipinski definition) is 2. The minimum Gasteiger partial charge on any atom is -0.366 e. The minimum absolute atomic E-state index is 0.0653. The summed E-state index contributed by atoms with van der Waals surface area (Å²) in [6.07, 6.45) is 1.14. The summed E-state index contributed by atoms with van der Waals surface area (Å²) < 4.78 is 0. The summed E-state index contributed by atoms with van der Waals surface area (Å²) in [6, 6.07) is 3.31. The number of anilines is 2. The van der Waals surface area contributed by atoms with Crippen molar-refractivity contribution in [1.29, 1.82) is 0 Å². The number of nitrogens with one attached hydrogen (secondary N) is 1. The number of benzene rings is 1. The first kappa shape index (κ1) is 13.8. The van der Waals surface area contributed by atoms with Crippen LogP contribution in [0.4, 0.5) is 17.1 Å². The van der Waals surface area contributed by atoms with E-state index in [9.17, 15) is 14.9 Å². The van der Waals surface area contributed by atoms with Crippen molar-refractivity contribution in [3.63, 3.8) is 0 Å². The van der Waals surface area contributed by atoms with E-state index in [1.54, 1.807) is 6.07 Å². The SMILES string of the molecule is CC(N)C1CCN(c2cc3c(cc2[N+](=O)[O-])CC(=O)N3)C1. The van der Waals surface area contributed by atoms with Crippen LogP contribution in [0.2, 0.25) is 0 Å². The van der Waals surface area contributed by atoms with Crippen LogP contribution in [0.25, 0.3) is 0 Å². The first-order valence-electron chi connectivity index (χ1n) is 7.07. The second-order valence-electron chi connectivity index (χ2n) is 5.83. The van der Waals surface area contributed by atoms with E-state index in [1.807, 2.05) is 11.8 Å². The molecule has 0 saturated carbocycles. The van der Waals surface area contributed by atoms with Gasteiger partial charge in [-0.3, -0.25) is 14.9 Å². The number of nitro groups is 1. The number of carbonyl (C=O) groups is 1. The van der Waals surface area contributed by atoms with E-state index in [4.69, 9.17) is 5.73 Å². The predicted molar refractivity (Wildman–Crippen MR) is 79.4 cm³/mol. The molecule has 1 fully saturated rings. The van der Waals surface area contributed by atoms with E-state index in [2.05, 4.69) is 5.32 Å². The van der Waals surface area contributed by atoms with Crippen LogP contribution >= 0.6 is 0 Å². The summed E-state index contributed by atoms with van der Waals surface area (Å²) in [5, 5.41) is 14.1. The number of nitrogens with zero attached hydrogens (tertiary/aromatic N) is 2. The Balaban J connectivity index is 1.96. The second kappa shape index (κ2) is 5.00. The molecule has 7 heteroatoms. The highest BCUT2D eigenvalue weighted by atomic mass is 16.6. The molecule has 7 nitrogen and oxygen atoms in total. The molecule has 3 N–H and O–H groups in total. The Hall–Kier alpha value is -2.15. The average Bonchev–Trinajstić information content (AvgIpc) is 3.01. The number of amides is 1. The molecule has 0 aliphatic carbocycles. The zero-order valence-electron chi connectivity index (χ0n) is 11.8. The average molecular weight is 290 g/mol. The lowest BCUT2D eigenvalue weighted by Crippen LogP contribution is -2.29. The fourth-order valence-corrected chi connectivity index (χ4v) is 3.08. The van der Waals surface area contributed by atoms with Crippen molar-refractivity contribution in [3.05, 3.63) is 27.8 Å². The van der Waals surface area contributed by atoms with Gasteiger partial charge in [0.1, 0.15) is 5.69 Å². The molecular formula is C14H18N4O3. The molecule has 0 aromatic heterocycles. The maximum absolute atomic E-state index is 11.4. The summed E-state index contributed by atoms with van der Waals surface area (Å²) >= 11 is 0. The lowest BCUT2D eigenvalue weighted by molar-refractivity contribution is -0.384. The Bertz CT molecular complexity index is 614. The molecule has 2 atom stereocenters. The monoisotopic (exact) mass is 290 g/mol. The van der Waals surface area contributed by atoms with E-state index in [0.29, 0.717) is 29.4 Å². The maximum atomic E-state index is 11.4. The van der Waals surface area contributed by atoms with Crippen LogP contribution < -0.4 is 16.0 Å². The van der Waals surface area contributed by atoms with Crippen LogP contribution in [0.1, 0.15) is 18.9 Å². The molecular weight excluding hydrogens is 272 g/mol. The van der Waals surface area contributed by atoms with E-state index in [-0.39, 0.29) is 29.0 Å². The van der Waals surface area contributed by atoms with Gasteiger partial charge >= 0.3 is 0 Å². The Labute approximate surface area is 122 Å². The molecule has 2 aliphatic heterocycles. The fraction of sp³-hybridized carbons (Fsp3) is 0.500. The van der Waals surface area contributed by atoms with Gasteiger partial charge in [-0.05, 0) is 30.9 Å². The van der Waals surface area contributed by atoms with Gasteiger partial charge in [-0.25, -0.2) is 0 Å². The molecule has 1 saturated heterocycles. The van der Waals surface area contributed by atoms with Gasteiger partial charge in [0, 0.05) is 30.9 Å². The summed E-state index contributed by atoms with van der Waals surface area (Å²) in [6.45, 7) is 3.43. The normalized spacial score (nSPS) is 22.1. The first-order chi connectivity index (χ1) is 9.95. The highest BCUT2D eigenvalue weighted by molar-refractivity contribution is 6.00. The summed E-state index contributed by atoms with van der Waals surface area (Å²) in [7, 11) is 0. The van der Waals surface area contributed by atoms with E-state index in [1.165, 1.54) is 6.07 Å². The van der Waals surface area contributed by atoms with Gasteiger partial charge in [0.25, 0.3) is 5.69 Å². The number of rotatable bonds is 3. The number of fused-ring (bicyclic) bond motifs is 1. The maximum Gasteiger partial charge on any atom is 0.292 e. The highest BCUT2D eigenvalue weighted by Gasteiger charge is 2.32. The second-order valence-corrected chi connectivity index (χ2v) is 5.83. The molecule has 112 valence electrons. The zero-order chi connectivity index (χ0) is 15.1. The van der Waals surface area contributed by atoms with Gasteiger partial charge < -0.3 is 16.0 Å². The van der Waals surface area contributed by atoms with Gasteiger partial charge in [0.15, 0.2) is 0 Å². The van der Waals surface area contributed by atoms with Crippen LogP contribution in [0.3, 0.4) is 0 Å². The fourth-order valence-electron chi connectivity index (χ4n) is 3.08.